The molecule has 8 nitrogen and oxygen atoms in total. The number of methoxy groups -OCH3 is 2. The van der Waals surface area contributed by atoms with Gasteiger partial charge in [-0.15, -0.1) is 0 Å². The van der Waals surface area contributed by atoms with Crippen molar-refractivity contribution in [3.05, 3.63) is 65.9 Å². The average Bonchev–Trinajstić information content (AvgIpc) is 3.27. The third-order valence-electron chi connectivity index (χ3n) is 5.69. The van der Waals surface area contributed by atoms with Gasteiger partial charge in [0, 0.05) is 30.0 Å². The van der Waals surface area contributed by atoms with E-state index in [9.17, 15) is 9.90 Å². The third kappa shape index (κ3) is 4.70. The van der Waals surface area contributed by atoms with Crippen LogP contribution in [-0.4, -0.2) is 42.9 Å². The fourth-order valence-electron chi connectivity index (χ4n) is 3.89. The van der Waals surface area contributed by atoms with Gasteiger partial charge in [-0.2, -0.15) is 0 Å². The van der Waals surface area contributed by atoms with Gasteiger partial charge < -0.3 is 30.5 Å². The van der Waals surface area contributed by atoms with Gasteiger partial charge >= 0.3 is 0 Å². The average molecular weight is 449 g/mol. The molecule has 2 aromatic carbocycles. The number of nitrogens with zero attached hydrogens (tertiary/aromatic N) is 1. The van der Waals surface area contributed by atoms with E-state index < -0.39 is 0 Å². The summed E-state index contributed by atoms with van der Waals surface area (Å²) in [6.07, 6.45) is 2.09. The number of aromatic hydroxyl groups is 1. The van der Waals surface area contributed by atoms with Gasteiger partial charge in [0.05, 0.1) is 31.1 Å². The molecule has 0 radical (unpaired) electrons. The monoisotopic (exact) mass is 448 g/mol. The smallest absolute Gasteiger partial charge is 0.251 e. The molecule has 0 saturated heterocycles. The Morgan fingerprint density at radius 1 is 1.15 bits per heavy atom. The molecule has 172 valence electrons. The van der Waals surface area contributed by atoms with Crippen LogP contribution >= 0.6 is 0 Å². The largest absolute Gasteiger partial charge is 0.508 e. The zero-order valence-electron chi connectivity index (χ0n) is 18.9. The molecule has 3 aromatic rings. The highest BCUT2D eigenvalue weighted by Gasteiger charge is 2.25. The first-order valence-electron chi connectivity index (χ1n) is 10.8. The maximum atomic E-state index is 12.7. The van der Waals surface area contributed by atoms with E-state index in [2.05, 4.69) is 20.9 Å². The quantitative estimate of drug-likeness (QED) is 0.410. The molecule has 2 atom stereocenters. The van der Waals surface area contributed by atoms with Crippen LogP contribution in [-0.2, 0) is 4.74 Å². The summed E-state index contributed by atoms with van der Waals surface area (Å²) in [5.74, 6) is 0.516. The van der Waals surface area contributed by atoms with E-state index in [0.717, 1.165) is 28.9 Å². The number of hydrogen-bond donors (Lipinski definition) is 4. The van der Waals surface area contributed by atoms with Crippen LogP contribution in [0.3, 0.4) is 0 Å². The third-order valence-corrected chi connectivity index (χ3v) is 5.69. The van der Waals surface area contributed by atoms with E-state index in [1.54, 1.807) is 32.5 Å². The lowest BCUT2D eigenvalue weighted by atomic mass is 10.0. The predicted octanol–water partition coefficient (Wildman–Crippen LogP) is 4.15. The standard InChI is InChI=1S/C25H28N4O4/c1-4-17(14-32-2)27-24(31)16-7-9-20-21(13-16)29-23(28-20)19-12-15(8-10-22(19)30)18-6-5-11-26-25(18)33-3/h5-13,17,23,28-30H,4,14H2,1-3H3,(H,27,31). The second kappa shape index (κ2) is 9.79. The Balaban J connectivity index is 1.56. The molecule has 0 spiro atoms. The highest BCUT2D eigenvalue weighted by Crippen LogP contribution is 2.40. The van der Waals surface area contributed by atoms with Crippen molar-refractivity contribution in [2.75, 3.05) is 31.5 Å². The Hall–Kier alpha value is -3.78. The number of phenolic OH excluding ortho intramolecular Hbond substituents is 1. The first-order chi connectivity index (χ1) is 16.0. The second-order valence-corrected chi connectivity index (χ2v) is 7.85. The van der Waals surface area contributed by atoms with Gasteiger partial charge in [0.25, 0.3) is 5.91 Å². The summed E-state index contributed by atoms with van der Waals surface area (Å²) in [5.41, 5.74) is 4.57. The molecule has 1 aliphatic heterocycles. The Morgan fingerprint density at radius 3 is 2.73 bits per heavy atom. The molecule has 4 rings (SSSR count). The van der Waals surface area contributed by atoms with Crippen molar-refractivity contribution in [3.8, 4) is 22.8 Å². The van der Waals surface area contributed by atoms with Gasteiger partial charge in [-0.25, -0.2) is 4.98 Å². The van der Waals surface area contributed by atoms with Crippen LogP contribution < -0.4 is 20.7 Å². The molecule has 0 bridgehead atoms. The number of nitrogens with one attached hydrogen (secondary N) is 3. The lowest BCUT2D eigenvalue weighted by molar-refractivity contribution is 0.0894. The number of amides is 1. The summed E-state index contributed by atoms with van der Waals surface area (Å²) >= 11 is 0. The van der Waals surface area contributed by atoms with Crippen LogP contribution in [0.1, 0.15) is 35.4 Å². The fourth-order valence-corrected chi connectivity index (χ4v) is 3.89. The summed E-state index contributed by atoms with van der Waals surface area (Å²) in [6, 6.07) is 14.5. The van der Waals surface area contributed by atoms with Gasteiger partial charge in [0.15, 0.2) is 0 Å². The van der Waals surface area contributed by atoms with Gasteiger partial charge in [0.2, 0.25) is 5.88 Å². The lowest BCUT2D eigenvalue weighted by Crippen LogP contribution is -2.37. The summed E-state index contributed by atoms with van der Waals surface area (Å²) in [7, 11) is 3.20. The van der Waals surface area contributed by atoms with Crippen molar-refractivity contribution in [1.82, 2.24) is 10.3 Å². The zero-order chi connectivity index (χ0) is 23.4. The molecule has 0 saturated carbocycles. The zero-order valence-corrected chi connectivity index (χ0v) is 18.9. The summed E-state index contributed by atoms with van der Waals surface area (Å²) < 4.78 is 10.5. The van der Waals surface area contributed by atoms with Gasteiger partial charge in [-0.3, -0.25) is 4.79 Å². The molecule has 1 aliphatic rings. The highest BCUT2D eigenvalue weighted by atomic mass is 16.5. The number of aromatic nitrogens is 1. The summed E-state index contributed by atoms with van der Waals surface area (Å²) in [4.78, 5) is 16.9. The molecule has 2 unspecified atom stereocenters. The van der Waals surface area contributed by atoms with Crippen LogP contribution in [0, 0.1) is 0 Å². The molecular weight excluding hydrogens is 420 g/mol. The molecule has 4 N–H and O–H groups in total. The molecule has 0 aliphatic carbocycles. The van der Waals surface area contributed by atoms with E-state index >= 15 is 0 Å². The number of hydrogen-bond acceptors (Lipinski definition) is 7. The minimum Gasteiger partial charge on any atom is -0.508 e. The molecular formula is C25H28N4O4. The molecule has 1 aromatic heterocycles. The van der Waals surface area contributed by atoms with E-state index in [1.165, 1.54) is 0 Å². The topological polar surface area (TPSA) is 105 Å². The normalized spacial score (nSPS) is 15.2. The number of phenols is 1. The van der Waals surface area contributed by atoms with E-state index in [4.69, 9.17) is 9.47 Å². The number of benzene rings is 2. The van der Waals surface area contributed by atoms with Crippen LogP contribution in [0.4, 0.5) is 11.4 Å². The lowest BCUT2D eigenvalue weighted by Gasteiger charge is -2.16. The highest BCUT2D eigenvalue weighted by molar-refractivity contribution is 5.97. The Morgan fingerprint density at radius 2 is 1.97 bits per heavy atom. The van der Waals surface area contributed by atoms with Crippen LogP contribution in [0.2, 0.25) is 0 Å². The first-order valence-corrected chi connectivity index (χ1v) is 10.8. The maximum Gasteiger partial charge on any atom is 0.251 e. The minimum absolute atomic E-state index is 0.0428. The number of ether oxygens (including phenoxy) is 2. The number of fused-ring (bicyclic) bond motifs is 1. The number of carbonyl (C=O) groups excluding carboxylic acids is 1. The maximum absolute atomic E-state index is 12.7. The van der Waals surface area contributed by atoms with Crippen molar-refractivity contribution in [2.24, 2.45) is 0 Å². The van der Waals surface area contributed by atoms with Crippen LogP contribution in [0.15, 0.2) is 54.7 Å². The van der Waals surface area contributed by atoms with Crippen molar-refractivity contribution in [2.45, 2.75) is 25.6 Å². The first kappa shape index (κ1) is 22.4. The van der Waals surface area contributed by atoms with Crippen LogP contribution in [0.25, 0.3) is 11.1 Å². The van der Waals surface area contributed by atoms with E-state index in [-0.39, 0.29) is 23.9 Å². The SMILES string of the molecule is CCC(COC)NC(=O)c1ccc2c(c1)NC(c1cc(-c3cccnc3OC)ccc1O)N2. The molecule has 2 heterocycles. The second-order valence-electron chi connectivity index (χ2n) is 7.85. The Kier molecular flexibility index (Phi) is 6.65. The minimum atomic E-state index is -0.363. The van der Waals surface area contributed by atoms with Crippen molar-refractivity contribution < 1.29 is 19.4 Å². The predicted molar refractivity (Wildman–Crippen MR) is 128 cm³/mol. The Labute approximate surface area is 193 Å². The number of carbonyl (C=O) groups is 1. The molecule has 1 amide bonds. The summed E-state index contributed by atoms with van der Waals surface area (Å²) in [5, 5.41) is 20.3. The van der Waals surface area contributed by atoms with Crippen molar-refractivity contribution in [1.29, 1.82) is 0 Å². The fraction of sp³-hybridized carbons (Fsp3) is 0.280. The van der Waals surface area contributed by atoms with E-state index in [0.29, 0.717) is 23.6 Å². The molecule has 33 heavy (non-hydrogen) atoms. The van der Waals surface area contributed by atoms with Gasteiger partial charge in [0.1, 0.15) is 11.9 Å². The van der Waals surface area contributed by atoms with E-state index in [1.807, 2.05) is 43.3 Å². The number of pyridine rings is 1. The summed E-state index contributed by atoms with van der Waals surface area (Å²) in [6.45, 7) is 2.47. The van der Waals surface area contributed by atoms with Gasteiger partial charge in [-0.05, 0) is 54.4 Å². The Bertz CT molecular complexity index is 1150. The molecule has 8 heteroatoms. The van der Waals surface area contributed by atoms with Crippen LogP contribution in [0.5, 0.6) is 11.6 Å². The van der Waals surface area contributed by atoms with Crippen molar-refractivity contribution in [3.63, 3.8) is 0 Å². The van der Waals surface area contributed by atoms with Crippen molar-refractivity contribution >= 4 is 17.3 Å². The number of rotatable bonds is 8. The molecule has 0 fully saturated rings. The number of anilines is 2. The van der Waals surface area contributed by atoms with Gasteiger partial charge in [-0.1, -0.05) is 13.0 Å².